The molecule has 2 aromatic heterocycles. The largest absolute Gasteiger partial charge is 0.478 e. The van der Waals surface area contributed by atoms with E-state index in [9.17, 15) is 4.79 Å². The second-order valence-corrected chi connectivity index (χ2v) is 5.55. The molecule has 0 fully saturated rings. The number of benzene rings is 1. The van der Waals surface area contributed by atoms with Crippen molar-refractivity contribution < 1.29 is 9.90 Å². The van der Waals surface area contributed by atoms with Gasteiger partial charge in [-0.25, -0.2) is 9.47 Å². The van der Waals surface area contributed by atoms with Crippen LogP contribution in [0.2, 0.25) is 0 Å². The van der Waals surface area contributed by atoms with Crippen molar-refractivity contribution in [3.8, 4) is 5.69 Å². The number of aryl methyl sites for hydroxylation is 2. The van der Waals surface area contributed by atoms with Crippen LogP contribution in [0.1, 0.15) is 32.9 Å². The topological polar surface area (TPSA) is 85.3 Å². The third kappa shape index (κ3) is 2.83. The summed E-state index contributed by atoms with van der Waals surface area (Å²) < 4.78 is 3.62. The summed E-state index contributed by atoms with van der Waals surface area (Å²) in [7, 11) is 0. The van der Waals surface area contributed by atoms with Gasteiger partial charge in [0.1, 0.15) is 12.7 Å². The monoisotopic (exact) mass is 323 g/mol. The van der Waals surface area contributed by atoms with Crippen LogP contribution in [0.4, 0.5) is 0 Å². The van der Waals surface area contributed by atoms with Crippen LogP contribution >= 0.6 is 0 Å². The third-order valence-corrected chi connectivity index (χ3v) is 3.89. The average molecular weight is 323 g/mol. The van der Waals surface area contributed by atoms with Crippen molar-refractivity contribution in [2.45, 2.75) is 20.8 Å². The third-order valence-electron chi connectivity index (χ3n) is 3.89. The summed E-state index contributed by atoms with van der Waals surface area (Å²) >= 11 is 0. The van der Waals surface area contributed by atoms with Gasteiger partial charge in [-0.15, -0.1) is 10.2 Å². The van der Waals surface area contributed by atoms with Gasteiger partial charge in [0.25, 0.3) is 0 Å². The fourth-order valence-electron chi connectivity index (χ4n) is 2.71. The highest BCUT2D eigenvalue weighted by Crippen LogP contribution is 2.23. The average Bonchev–Trinajstić information content (AvgIpc) is 3.14. The van der Waals surface area contributed by atoms with Crippen molar-refractivity contribution in [2.24, 2.45) is 5.10 Å². The predicted octanol–water partition coefficient (Wildman–Crippen LogP) is 2.57. The van der Waals surface area contributed by atoms with Crippen molar-refractivity contribution in [3.05, 3.63) is 65.0 Å². The Morgan fingerprint density at radius 2 is 1.88 bits per heavy atom. The van der Waals surface area contributed by atoms with Gasteiger partial charge in [0.05, 0.1) is 11.8 Å². The van der Waals surface area contributed by atoms with Crippen molar-refractivity contribution >= 4 is 12.2 Å². The van der Waals surface area contributed by atoms with Crippen molar-refractivity contribution in [1.29, 1.82) is 0 Å². The number of rotatable bonds is 4. The molecule has 0 amide bonds. The van der Waals surface area contributed by atoms with Crippen LogP contribution in [0.5, 0.6) is 0 Å². The van der Waals surface area contributed by atoms with E-state index in [2.05, 4.69) is 19.9 Å². The van der Waals surface area contributed by atoms with Gasteiger partial charge < -0.3 is 9.67 Å². The van der Waals surface area contributed by atoms with Crippen LogP contribution in [-0.4, -0.2) is 36.7 Å². The molecule has 1 aromatic carbocycles. The Morgan fingerprint density at radius 3 is 2.50 bits per heavy atom. The molecule has 0 saturated carbocycles. The summed E-state index contributed by atoms with van der Waals surface area (Å²) in [5.74, 6) is -0.924. The van der Waals surface area contributed by atoms with Gasteiger partial charge in [-0.2, -0.15) is 5.10 Å². The molecule has 2 heterocycles. The minimum atomic E-state index is -0.924. The first-order valence-electron chi connectivity index (χ1n) is 7.39. The lowest BCUT2D eigenvalue weighted by Gasteiger charge is -2.13. The number of aromatic carboxylic acids is 1. The van der Waals surface area contributed by atoms with Crippen molar-refractivity contribution in [3.63, 3.8) is 0 Å². The molecule has 0 aliphatic carbocycles. The quantitative estimate of drug-likeness (QED) is 0.748. The fraction of sp³-hybridized carbons (Fsp3) is 0.176. The lowest BCUT2D eigenvalue weighted by atomic mass is 10.1. The summed E-state index contributed by atoms with van der Waals surface area (Å²) in [6.07, 6.45) is 4.79. The molecule has 7 heteroatoms. The van der Waals surface area contributed by atoms with Gasteiger partial charge in [0.15, 0.2) is 0 Å². The Hall–Kier alpha value is -3.22. The molecule has 24 heavy (non-hydrogen) atoms. The number of carbonyl (C=O) groups is 1. The first kappa shape index (κ1) is 15.7. The van der Waals surface area contributed by atoms with E-state index < -0.39 is 5.97 Å². The van der Waals surface area contributed by atoms with Gasteiger partial charge in [-0.3, -0.25) is 0 Å². The van der Waals surface area contributed by atoms with Crippen molar-refractivity contribution in [1.82, 2.24) is 19.4 Å². The van der Waals surface area contributed by atoms with Crippen LogP contribution in [0.25, 0.3) is 5.69 Å². The van der Waals surface area contributed by atoms with Crippen LogP contribution in [0.3, 0.4) is 0 Å². The van der Waals surface area contributed by atoms with E-state index in [4.69, 9.17) is 5.11 Å². The Morgan fingerprint density at radius 1 is 1.17 bits per heavy atom. The molecule has 0 radical (unpaired) electrons. The molecule has 0 saturated heterocycles. The summed E-state index contributed by atoms with van der Waals surface area (Å²) in [6, 6.07) is 7.17. The molecule has 0 spiro atoms. The van der Waals surface area contributed by atoms with Gasteiger partial charge in [-0.1, -0.05) is 0 Å². The molecule has 122 valence electrons. The van der Waals surface area contributed by atoms with Crippen LogP contribution < -0.4 is 0 Å². The molecule has 0 atom stereocenters. The number of aromatic nitrogens is 4. The minimum Gasteiger partial charge on any atom is -0.478 e. The maximum Gasteiger partial charge on any atom is 0.335 e. The van der Waals surface area contributed by atoms with Gasteiger partial charge >= 0.3 is 5.97 Å². The molecule has 3 rings (SSSR count). The molecule has 0 aliphatic rings. The Labute approximate surface area is 138 Å². The Bertz CT molecular complexity index is 923. The maximum absolute atomic E-state index is 11.1. The number of hydrogen-bond acceptors (Lipinski definition) is 4. The maximum atomic E-state index is 11.1. The van der Waals surface area contributed by atoms with Crippen LogP contribution in [0, 0.1) is 20.8 Å². The summed E-state index contributed by atoms with van der Waals surface area (Å²) in [5, 5.41) is 20.8. The number of carboxylic acids is 1. The van der Waals surface area contributed by atoms with Gasteiger partial charge in [-0.05, 0) is 50.6 Å². The second kappa shape index (κ2) is 6.11. The van der Waals surface area contributed by atoms with E-state index in [0.29, 0.717) is 0 Å². The molecular weight excluding hydrogens is 306 g/mol. The van der Waals surface area contributed by atoms with E-state index in [-0.39, 0.29) is 5.56 Å². The number of carboxylic acid groups (broad SMARTS) is 1. The highest BCUT2D eigenvalue weighted by molar-refractivity contribution is 5.88. The fourth-order valence-corrected chi connectivity index (χ4v) is 2.71. The molecule has 1 N–H and O–H groups in total. The molecule has 3 aromatic rings. The van der Waals surface area contributed by atoms with E-state index in [0.717, 1.165) is 28.2 Å². The number of nitrogens with zero attached hydrogens (tertiary/aromatic N) is 5. The normalized spacial score (nSPS) is 11.3. The zero-order valence-electron chi connectivity index (χ0n) is 13.6. The van der Waals surface area contributed by atoms with Crippen LogP contribution in [0.15, 0.2) is 42.0 Å². The molecule has 7 nitrogen and oxygen atoms in total. The molecule has 0 bridgehead atoms. The second-order valence-electron chi connectivity index (χ2n) is 5.55. The lowest BCUT2D eigenvalue weighted by molar-refractivity contribution is 0.0697. The minimum absolute atomic E-state index is 0.285. The number of hydrogen-bond donors (Lipinski definition) is 1. The molecule has 0 aliphatic heterocycles. The Balaban J connectivity index is 2.02. The van der Waals surface area contributed by atoms with E-state index in [1.165, 1.54) is 17.3 Å². The first-order chi connectivity index (χ1) is 11.5. The highest BCUT2D eigenvalue weighted by atomic mass is 16.4. The first-order valence-corrected chi connectivity index (χ1v) is 7.39. The van der Waals surface area contributed by atoms with E-state index >= 15 is 0 Å². The predicted molar refractivity (Wildman–Crippen MR) is 90.0 cm³/mol. The zero-order chi connectivity index (χ0) is 17.3. The van der Waals surface area contributed by atoms with Crippen LogP contribution in [-0.2, 0) is 0 Å². The van der Waals surface area contributed by atoms with E-state index in [1.54, 1.807) is 18.3 Å². The molecular formula is C17H17N5O2. The van der Waals surface area contributed by atoms with E-state index in [1.807, 2.05) is 32.9 Å². The SMILES string of the molecule is Cc1cc(C(=O)O)ccc1-n1c(C)cc(/C=N\n2cnnc2)c1C. The van der Waals surface area contributed by atoms with Crippen molar-refractivity contribution in [2.75, 3.05) is 0 Å². The smallest absolute Gasteiger partial charge is 0.335 e. The van der Waals surface area contributed by atoms with Gasteiger partial charge in [0.2, 0.25) is 0 Å². The Kier molecular flexibility index (Phi) is 3.99. The molecule has 0 unspecified atom stereocenters. The van der Waals surface area contributed by atoms with Gasteiger partial charge in [0, 0.05) is 22.6 Å². The summed E-state index contributed by atoms with van der Waals surface area (Å²) in [4.78, 5) is 11.1. The lowest BCUT2D eigenvalue weighted by Crippen LogP contribution is -2.04. The highest BCUT2D eigenvalue weighted by Gasteiger charge is 2.13. The summed E-state index contributed by atoms with van der Waals surface area (Å²) in [5.41, 5.74) is 5.19. The summed E-state index contributed by atoms with van der Waals surface area (Å²) in [6.45, 7) is 5.92. The zero-order valence-corrected chi connectivity index (χ0v) is 13.6. The standard InChI is InChI=1S/C17H17N5O2/c1-11-6-14(17(23)24)4-5-16(11)22-12(2)7-15(13(22)3)8-20-21-9-18-19-10-21/h4-10H,1-3H3,(H,23,24)/b20-8-.